The SMILES string of the molecule is C=C/C=C\C1=C(C)C(CCC(=O)O)=CCCC1. The van der Waals surface area contributed by atoms with Crippen LogP contribution < -0.4 is 0 Å². The standard InChI is InChI=1S/C15H20O2/c1-3-4-7-13-8-5-6-9-14(12(13)2)10-11-15(16)17/h3-4,7,9H,1,5-6,8,10-11H2,2H3,(H,16,17)/b7-4-. The maximum Gasteiger partial charge on any atom is 0.303 e. The van der Waals surface area contributed by atoms with E-state index in [-0.39, 0.29) is 6.42 Å². The molecule has 2 heteroatoms. The van der Waals surface area contributed by atoms with Gasteiger partial charge in [-0.3, -0.25) is 4.79 Å². The summed E-state index contributed by atoms with van der Waals surface area (Å²) in [6.45, 7) is 5.76. The zero-order chi connectivity index (χ0) is 12.7. The molecule has 0 heterocycles. The lowest BCUT2D eigenvalue weighted by Gasteiger charge is -2.09. The maximum absolute atomic E-state index is 10.6. The second kappa shape index (κ2) is 6.89. The van der Waals surface area contributed by atoms with E-state index in [0.717, 1.165) is 19.3 Å². The summed E-state index contributed by atoms with van der Waals surface area (Å²) in [4.78, 5) is 10.6. The average Bonchev–Trinajstić information content (AvgIpc) is 2.47. The molecule has 0 saturated heterocycles. The number of rotatable bonds is 5. The van der Waals surface area contributed by atoms with Crippen molar-refractivity contribution in [3.05, 3.63) is 47.6 Å². The van der Waals surface area contributed by atoms with Gasteiger partial charge >= 0.3 is 5.97 Å². The Morgan fingerprint density at radius 2 is 2.35 bits per heavy atom. The van der Waals surface area contributed by atoms with E-state index in [2.05, 4.69) is 25.7 Å². The Morgan fingerprint density at radius 3 is 3.00 bits per heavy atom. The number of carboxylic acids is 1. The molecule has 17 heavy (non-hydrogen) atoms. The fourth-order valence-corrected chi connectivity index (χ4v) is 2.04. The van der Waals surface area contributed by atoms with Crippen LogP contribution in [0.3, 0.4) is 0 Å². The van der Waals surface area contributed by atoms with Crippen molar-refractivity contribution >= 4 is 5.97 Å². The van der Waals surface area contributed by atoms with Gasteiger partial charge in [0.2, 0.25) is 0 Å². The lowest BCUT2D eigenvalue weighted by molar-refractivity contribution is -0.136. The van der Waals surface area contributed by atoms with Crippen molar-refractivity contribution in [2.24, 2.45) is 0 Å². The minimum Gasteiger partial charge on any atom is -0.481 e. The predicted molar refractivity (Wildman–Crippen MR) is 70.8 cm³/mol. The molecule has 1 rings (SSSR count). The predicted octanol–water partition coefficient (Wildman–Crippen LogP) is 4.02. The summed E-state index contributed by atoms with van der Waals surface area (Å²) in [5.41, 5.74) is 3.73. The largest absolute Gasteiger partial charge is 0.481 e. The summed E-state index contributed by atoms with van der Waals surface area (Å²) in [5, 5.41) is 8.74. The topological polar surface area (TPSA) is 37.3 Å². The Hall–Kier alpha value is -1.57. The molecule has 0 unspecified atom stereocenters. The summed E-state index contributed by atoms with van der Waals surface area (Å²) in [6.07, 6.45) is 12.1. The van der Waals surface area contributed by atoms with E-state index in [1.165, 1.54) is 16.7 Å². The first-order valence-electron chi connectivity index (χ1n) is 6.05. The summed E-state index contributed by atoms with van der Waals surface area (Å²) >= 11 is 0. The molecule has 1 N–H and O–H groups in total. The van der Waals surface area contributed by atoms with Crippen LogP contribution in [0.4, 0.5) is 0 Å². The number of hydrogen-bond donors (Lipinski definition) is 1. The van der Waals surface area contributed by atoms with Crippen molar-refractivity contribution in [2.45, 2.75) is 39.0 Å². The van der Waals surface area contributed by atoms with Gasteiger partial charge in [-0.2, -0.15) is 0 Å². The molecule has 1 aliphatic rings. The highest BCUT2D eigenvalue weighted by Crippen LogP contribution is 2.27. The second-order valence-electron chi connectivity index (χ2n) is 4.26. The van der Waals surface area contributed by atoms with Gasteiger partial charge in [-0.05, 0) is 49.3 Å². The van der Waals surface area contributed by atoms with Crippen LogP contribution in [0.15, 0.2) is 47.6 Å². The number of carboxylic acid groups (broad SMARTS) is 1. The van der Waals surface area contributed by atoms with E-state index >= 15 is 0 Å². The van der Waals surface area contributed by atoms with Crippen LogP contribution in [0.5, 0.6) is 0 Å². The third-order valence-electron chi connectivity index (χ3n) is 3.05. The molecule has 92 valence electrons. The highest BCUT2D eigenvalue weighted by Gasteiger charge is 2.10. The van der Waals surface area contributed by atoms with Crippen LogP contribution in [-0.4, -0.2) is 11.1 Å². The summed E-state index contributed by atoms with van der Waals surface area (Å²) in [6, 6.07) is 0. The molecule has 2 nitrogen and oxygen atoms in total. The number of carbonyl (C=O) groups is 1. The van der Waals surface area contributed by atoms with Gasteiger partial charge in [0, 0.05) is 6.42 Å². The first kappa shape index (κ1) is 13.5. The van der Waals surface area contributed by atoms with E-state index < -0.39 is 5.97 Å². The van der Waals surface area contributed by atoms with Gasteiger partial charge in [-0.25, -0.2) is 0 Å². The van der Waals surface area contributed by atoms with Crippen LogP contribution in [0.1, 0.15) is 39.0 Å². The molecule has 0 amide bonds. The maximum atomic E-state index is 10.6. The zero-order valence-corrected chi connectivity index (χ0v) is 10.4. The molecule has 0 aliphatic heterocycles. The smallest absolute Gasteiger partial charge is 0.303 e. The molecular formula is C15H20O2. The average molecular weight is 232 g/mol. The van der Waals surface area contributed by atoms with E-state index in [1.807, 2.05) is 6.08 Å². The van der Waals surface area contributed by atoms with Crippen molar-refractivity contribution in [2.75, 3.05) is 0 Å². The molecular weight excluding hydrogens is 212 g/mol. The third kappa shape index (κ3) is 4.43. The molecule has 0 aromatic rings. The van der Waals surface area contributed by atoms with Crippen molar-refractivity contribution in [3.8, 4) is 0 Å². The summed E-state index contributed by atoms with van der Waals surface area (Å²) < 4.78 is 0. The van der Waals surface area contributed by atoms with Crippen LogP contribution in [0.25, 0.3) is 0 Å². The molecule has 0 atom stereocenters. The highest BCUT2D eigenvalue weighted by atomic mass is 16.4. The van der Waals surface area contributed by atoms with E-state index in [1.54, 1.807) is 6.08 Å². The minimum absolute atomic E-state index is 0.210. The first-order chi connectivity index (χ1) is 8.15. The summed E-state index contributed by atoms with van der Waals surface area (Å²) in [7, 11) is 0. The lowest BCUT2D eigenvalue weighted by atomic mass is 9.97. The van der Waals surface area contributed by atoms with Crippen LogP contribution in [0.2, 0.25) is 0 Å². The quantitative estimate of drug-likeness (QED) is 0.727. The van der Waals surface area contributed by atoms with Gasteiger partial charge in [0.25, 0.3) is 0 Å². The Labute approximate surface area is 103 Å². The van der Waals surface area contributed by atoms with Gasteiger partial charge < -0.3 is 5.11 Å². The molecule has 0 radical (unpaired) electrons. The van der Waals surface area contributed by atoms with Crippen LogP contribution >= 0.6 is 0 Å². The van der Waals surface area contributed by atoms with Gasteiger partial charge in [0.05, 0.1) is 0 Å². The van der Waals surface area contributed by atoms with Gasteiger partial charge in [0.1, 0.15) is 0 Å². The Balaban J connectivity index is 2.85. The molecule has 0 aromatic heterocycles. The van der Waals surface area contributed by atoms with Gasteiger partial charge in [0.15, 0.2) is 0 Å². The van der Waals surface area contributed by atoms with Crippen LogP contribution in [-0.2, 0) is 4.79 Å². The molecule has 0 spiro atoms. The van der Waals surface area contributed by atoms with Crippen molar-refractivity contribution in [1.82, 2.24) is 0 Å². The van der Waals surface area contributed by atoms with Crippen molar-refractivity contribution < 1.29 is 9.90 Å². The fraction of sp³-hybridized carbons (Fsp3) is 0.400. The Bertz CT molecular complexity index is 384. The third-order valence-corrected chi connectivity index (χ3v) is 3.05. The van der Waals surface area contributed by atoms with E-state index in [9.17, 15) is 4.79 Å². The second-order valence-corrected chi connectivity index (χ2v) is 4.26. The fourth-order valence-electron chi connectivity index (χ4n) is 2.04. The van der Waals surface area contributed by atoms with Gasteiger partial charge in [-0.1, -0.05) is 30.9 Å². The zero-order valence-electron chi connectivity index (χ0n) is 10.4. The Kier molecular flexibility index (Phi) is 5.47. The van der Waals surface area contributed by atoms with Gasteiger partial charge in [-0.15, -0.1) is 0 Å². The monoisotopic (exact) mass is 232 g/mol. The molecule has 0 saturated carbocycles. The molecule has 0 aromatic carbocycles. The first-order valence-corrected chi connectivity index (χ1v) is 6.05. The molecule has 0 fully saturated rings. The van der Waals surface area contributed by atoms with Crippen molar-refractivity contribution in [1.29, 1.82) is 0 Å². The van der Waals surface area contributed by atoms with Crippen molar-refractivity contribution in [3.63, 3.8) is 0 Å². The van der Waals surface area contributed by atoms with Crippen LogP contribution in [0, 0.1) is 0 Å². The number of hydrogen-bond acceptors (Lipinski definition) is 1. The summed E-state index contributed by atoms with van der Waals surface area (Å²) in [5.74, 6) is -0.730. The molecule has 1 aliphatic carbocycles. The highest BCUT2D eigenvalue weighted by molar-refractivity contribution is 5.67. The van der Waals surface area contributed by atoms with E-state index in [4.69, 9.17) is 5.11 Å². The minimum atomic E-state index is -0.730. The number of allylic oxidation sites excluding steroid dienone is 7. The van der Waals surface area contributed by atoms with E-state index in [0.29, 0.717) is 6.42 Å². The lowest BCUT2D eigenvalue weighted by Crippen LogP contribution is -1.97. The normalized spacial score (nSPS) is 16.9. The molecule has 0 bridgehead atoms. The number of aliphatic carboxylic acids is 1. The Morgan fingerprint density at radius 1 is 1.59 bits per heavy atom.